The van der Waals surface area contributed by atoms with Gasteiger partial charge in [-0.15, -0.1) is 0 Å². The molecular formula is C37H63NO28. The second-order valence-electron chi connectivity index (χ2n) is 17.0. The monoisotopic (exact) mass is 969 g/mol. The fourth-order valence-electron chi connectivity index (χ4n) is 8.76. The highest BCUT2D eigenvalue weighted by atomic mass is 16.8. The van der Waals surface area contributed by atoms with Crippen molar-refractivity contribution in [3.63, 3.8) is 0 Å². The molecule has 0 aromatic carbocycles. The van der Waals surface area contributed by atoms with Crippen LogP contribution in [0.5, 0.6) is 0 Å². The molecule has 0 aromatic heterocycles. The van der Waals surface area contributed by atoms with E-state index in [0.717, 1.165) is 0 Å². The SMILES string of the molecule is C[C@H]1O[C@H](O[C@H]2[C@H](O)[C@@H](O)[C@@H](O)O[C@@H]2CO)[C@H](O)[C@@H](O)[C@@H]1O[C@@H]1C(CO)=C[C@H](N[C@H]2O[C@H](CO)[C@@H](O[C@H]3O[C@H](CO)[C@@H](O[C@H]4O[C@H](CO)[C@@H](O)[C@H](O)[C@H]4O)[C@H](O)[C@H]3O)[C@H](O)[C@H]2O)[C@H](O)[C@H]1O. The first-order chi connectivity index (χ1) is 31.2. The van der Waals surface area contributed by atoms with Gasteiger partial charge in [-0.1, -0.05) is 6.08 Å². The van der Waals surface area contributed by atoms with Gasteiger partial charge in [-0.3, -0.25) is 5.32 Å². The zero-order valence-corrected chi connectivity index (χ0v) is 35.0. The number of ether oxygens (including phenoxy) is 9. The van der Waals surface area contributed by atoms with Crippen LogP contribution in [0.3, 0.4) is 0 Å². The fraction of sp³-hybridized carbons (Fsp3) is 0.946. The summed E-state index contributed by atoms with van der Waals surface area (Å²) in [6, 6.07) is -1.40. The highest BCUT2D eigenvalue weighted by Crippen LogP contribution is 2.35. The molecule has 0 amide bonds. The van der Waals surface area contributed by atoms with Crippen molar-refractivity contribution < 1.29 is 140 Å². The molecule has 5 fully saturated rings. The van der Waals surface area contributed by atoms with E-state index in [9.17, 15) is 97.0 Å². The third-order valence-corrected chi connectivity index (χ3v) is 12.7. The minimum atomic E-state index is -2.07. The number of aliphatic hydroxyl groups is 19. The lowest BCUT2D eigenvalue weighted by Crippen LogP contribution is -2.69. The van der Waals surface area contributed by atoms with Gasteiger partial charge in [0.05, 0.1) is 45.2 Å². The van der Waals surface area contributed by atoms with Crippen LogP contribution in [-0.2, 0) is 42.6 Å². The maximum atomic E-state index is 11.3. The summed E-state index contributed by atoms with van der Waals surface area (Å²) in [4.78, 5) is 0. The van der Waals surface area contributed by atoms with Gasteiger partial charge in [0.25, 0.3) is 0 Å². The molecular weight excluding hydrogens is 906 g/mol. The van der Waals surface area contributed by atoms with E-state index in [0.29, 0.717) is 0 Å². The Bertz CT molecular complexity index is 1550. The van der Waals surface area contributed by atoms with E-state index >= 15 is 0 Å². The quantitative estimate of drug-likeness (QED) is 0.0678. The van der Waals surface area contributed by atoms with Crippen molar-refractivity contribution >= 4 is 0 Å². The van der Waals surface area contributed by atoms with Gasteiger partial charge in [-0.05, 0) is 12.5 Å². The second-order valence-corrected chi connectivity index (χ2v) is 17.0. The van der Waals surface area contributed by atoms with Gasteiger partial charge in [0.1, 0.15) is 141 Å². The van der Waals surface area contributed by atoms with E-state index in [-0.39, 0.29) is 5.57 Å². The lowest BCUT2D eigenvalue weighted by molar-refractivity contribution is -0.373. The summed E-state index contributed by atoms with van der Waals surface area (Å²) in [6.45, 7) is -2.95. The summed E-state index contributed by atoms with van der Waals surface area (Å²) in [5, 5.41) is 202. The molecule has 5 aliphatic heterocycles. The van der Waals surface area contributed by atoms with E-state index in [1.165, 1.54) is 13.0 Å². The highest BCUT2D eigenvalue weighted by molar-refractivity contribution is 5.23. The molecule has 66 heavy (non-hydrogen) atoms. The Morgan fingerprint density at radius 1 is 0.424 bits per heavy atom. The van der Waals surface area contributed by atoms with Crippen molar-refractivity contribution in [2.75, 3.05) is 33.0 Å². The van der Waals surface area contributed by atoms with Crippen LogP contribution in [0.1, 0.15) is 6.92 Å². The smallest absolute Gasteiger partial charge is 0.187 e. The number of nitrogens with one attached hydrogen (secondary N) is 1. The average Bonchev–Trinajstić information content (AvgIpc) is 3.30. The van der Waals surface area contributed by atoms with Crippen LogP contribution in [0.15, 0.2) is 11.6 Å². The Kier molecular flexibility index (Phi) is 18.6. The molecule has 0 saturated carbocycles. The van der Waals surface area contributed by atoms with Crippen LogP contribution in [-0.4, -0.2) is 308 Å². The van der Waals surface area contributed by atoms with Crippen molar-refractivity contribution in [1.82, 2.24) is 5.32 Å². The highest BCUT2D eigenvalue weighted by Gasteiger charge is 2.55. The molecule has 0 unspecified atom stereocenters. The Labute approximate surface area is 374 Å². The molecule has 6 aliphatic rings. The van der Waals surface area contributed by atoms with Crippen LogP contribution in [0, 0.1) is 0 Å². The maximum absolute atomic E-state index is 11.3. The molecule has 29 nitrogen and oxygen atoms in total. The normalized spacial score (nSPS) is 52.8. The van der Waals surface area contributed by atoms with E-state index in [4.69, 9.17) is 42.6 Å². The molecule has 6 rings (SSSR count). The summed E-state index contributed by atoms with van der Waals surface area (Å²) in [5.74, 6) is 0. The lowest BCUT2D eigenvalue weighted by atomic mass is 9.86. The van der Waals surface area contributed by atoms with Crippen molar-refractivity contribution in [2.45, 2.75) is 185 Å². The van der Waals surface area contributed by atoms with E-state index in [2.05, 4.69) is 5.32 Å². The topological polar surface area (TPSA) is 479 Å². The van der Waals surface area contributed by atoms with Gasteiger partial charge in [0.15, 0.2) is 25.2 Å². The third-order valence-electron chi connectivity index (χ3n) is 12.7. The standard InChI is InChI=1S/C37H63NO28/c1-8-28(21(50)26(55)35(58-8)64-31-13(6-42)60-34(57)24(53)20(31)49)63-29-9(3-39)2-10(15(44)18(29)47)38-33-23(52)19(48)30(12(5-41)59-33)65-37-27(56)22(51)32(14(7-43)62-37)66-36-25(54)17(46)16(45)11(4-40)61-36/h2,8,10-57H,3-7H2,1H3/t8-,10+,11-,12-,13-,14-,15+,16-,17+,18-,19-,20-,21-,22-,23-,24-,25-,26-,27-,28-,29-,30-,31-,32-,33+,34+,35-,36-,37-/m1/s1. The van der Waals surface area contributed by atoms with Gasteiger partial charge in [0, 0.05) is 0 Å². The van der Waals surface area contributed by atoms with Crippen LogP contribution in [0.4, 0.5) is 0 Å². The summed E-state index contributed by atoms with van der Waals surface area (Å²) in [7, 11) is 0. The number of rotatable bonds is 15. The molecule has 29 atom stereocenters. The van der Waals surface area contributed by atoms with Crippen molar-refractivity contribution in [2.24, 2.45) is 0 Å². The fourth-order valence-corrected chi connectivity index (χ4v) is 8.76. The Balaban J connectivity index is 1.08. The number of hydrogen-bond donors (Lipinski definition) is 20. The van der Waals surface area contributed by atoms with E-state index in [1.54, 1.807) is 0 Å². The molecule has 20 N–H and O–H groups in total. The van der Waals surface area contributed by atoms with Crippen molar-refractivity contribution in [3.8, 4) is 0 Å². The Hall–Kier alpha value is -1.42. The van der Waals surface area contributed by atoms with Crippen molar-refractivity contribution in [1.29, 1.82) is 0 Å². The first-order valence-electron chi connectivity index (χ1n) is 21.2. The van der Waals surface area contributed by atoms with Gasteiger partial charge in [-0.2, -0.15) is 0 Å². The van der Waals surface area contributed by atoms with Gasteiger partial charge < -0.3 is 140 Å². The van der Waals surface area contributed by atoms with E-state index < -0.39 is 211 Å². The second kappa shape index (κ2) is 22.8. The maximum Gasteiger partial charge on any atom is 0.187 e. The van der Waals surface area contributed by atoms with Gasteiger partial charge in [0.2, 0.25) is 0 Å². The molecule has 5 saturated heterocycles. The largest absolute Gasteiger partial charge is 0.394 e. The Morgan fingerprint density at radius 3 is 1.39 bits per heavy atom. The minimum absolute atomic E-state index is 0.113. The van der Waals surface area contributed by atoms with Crippen LogP contribution in [0.2, 0.25) is 0 Å². The minimum Gasteiger partial charge on any atom is -0.394 e. The summed E-state index contributed by atoms with van der Waals surface area (Å²) in [5.41, 5.74) is -0.113. The molecule has 5 heterocycles. The van der Waals surface area contributed by atoms with Gasteiger partial charge >= 0.3 is 0 Å². The molecule has 384 valence electrons. The first-order valence-corrected chi connectivity index (χ1v) is 21.2. The summed E-state index contributed by atoms with van der Waals surface area (Å²) in [6.07, 6.45) is -48.0. The van der Waals surface area contributed by atoms with E-state index in [1.807, 2.05) is 0 Å². The van der Waals surface area contributed by atoms with Crippen LogP contribution in [0.25, 0.3) is 0 Å². The number of aliphatic hydroxyl groups excluding tert-OH is 19. The molecule has 0 spiro atoms. The average molecular weight is 970 g/mol. The summed E-state index contributed by atoms with van der Waals surface area (Å²) < 4.78 is 50.0. The lowest BCUT2D eigenvalue weighted by Gasteiger charge is -2.49. The molecule has 29 heteroatoms. The van der Waals surface area contributed by atoms with Crippen molar-refractivity contribution in [3.05, 3.63) is 11.6 Å². The summed E-state index contributed by atoms with van der Waals surface area (Å²) >= 11 is 0. The van der Waals surface area contributed by atoms with Gasteiger partial charge in [-0.25, -0.2) is 0 Å². The zero-order chi connectivity index (χ0) is 48.6. The predicted octanol–water partition coefficient (Wildman–Crippen LogP) is -12.9. The molecule has 0 radical (unpaired) electrons. The number of hydrogen-bond acceptors (Lipinski definition) is 29. The van der Waals surface area contributed by atoms with Crippen LogP contribution < -0.4 is 5.32 Å². The van der Waals surface area contributed by atoms with Crippen LogP contribution >= 0.6 is 0 Å². The Morgan fingerprint density at radius 2 is 0.864 bits per heavy atom. The first kappa shape index (κ1) is 53.9. The molecule has 0 aromatic rings. The molecule has 0 bridgehead atoms. The zero-order valence-electron chi connectivity index (χ0n) is 35.0. The molecule has 1 aliphatic carbocycles. The predicted molar refractivity (Wildman–Crippen MR) is 203 cm³/mol. The third kappa shape index (κ3) is 10.7.